The number of hydrogen-bond donors (Lipinski definition) is 1. The molecule has 0 amide bonds. The van der Waals surface area contributed by atoms with Crippen LogP contribution in [0.4, 0.5) is 11.4 Å². The summed E-state index contributed by atoms with van der Waals surface area (Å²) in [6, 6.07) is 8.54. The number of benzene rings is 1. The number of thioether (sulfide) groups is 1. The van der Waals surface area contributed by atoms with Gasteiger partial charge in [0, 0.05) is 30.4 Å². The Hall–Kier alpha value is -1.42. The zero-order valence-corrected chi connectivity index (χ0v) is 12.6. The van der Waals surface area contributed by atoms with Gasteiger partial charge in [-0.1, -0.05) is 12.1 Å². The van der Waals surface area contributed by atoms with Crippen LogP contribution >= 0.6 is 11.8 Å². The summed E-state index contributed by atoms with van der Waals surface area (Å²) in [5.41, 5.74) is 8.83. The van der Waals surface area contributed by atoms with Gasteiger partial charge in [0.05, 0.1) is 11.2 Å². The van der Waals surface area contributed by atoms with Crippen LogP contribution in [0.2, 0.25) is 0 Å². The monoisotopic (exact) mass is 275 g/mol. The van der Waals surface area contributed by atoms with Crippen molar-refractivity contribution in [1.82, 2.24) is 4.98 Å². The maximum atomic E-state index is 6.00. The number of nitrogens with two attached hydrogens (primary N) is 1. The summed E-state index contributed by atoms with van der Waals surface area (Å²) in [6.07, 6.45) is 5.16. The molecule has 0 saturated carbocycles. The summed E-state index contributed by atoms with van der Waals surface area (Å²) < 4.78 is 0. The maximum absolute atomic E-state index is 6.00. The molecule has 1 atom stereocenters. The summed E-state index contributed by atoms with van der Waals surface area (Å²) in [7, 11) is 2.14. The van der Waals surface area contributed by atoms with Crippen LogP contribution in [0.15, 0.2) is 30.5 Å². The number of para-hydroxylation sites is 1. The second-order valence-electron chi connectivity index (χ2n) is 4.81. The standard InChI is InChI=1S/C15H21N3S/c1-11(8-10-19-3)18(2)14-7-9-17-15-12(14)5-4-6-13(15)16/h4-7,9,11H,8,10,16H2,1-3H3. The van der Waals surface area contributed by atoms with Crippen molar-refractivity contribution in [2.24, 2.45) is 0 Å². The molecule has 0 radical (unpaired) electrons. The fourth-order valence-corrected chi connectivity index (χ4v) is 2.79. The van der Waals surface area contributed by atoms with E-state index < -0.39 is 0 Å². The number of pyridine rings is 1. The lowest BCUT2D eigenvalue weighted by molar-refractivity contribution is 0.671. The Labute approximate surface area is 119 Å². The van der Waals surface area contributed by atoms with Gasteiger partial charge in [0.25, 0.3) is 0 Å². The highest BCUT2D eigenvalue weighted by Crippen LogP contribution is 2.29. The fraction of sp³-hybridized carbons (Fsp3) is 0.400. The molecule has 4 heteroatoms. The van der Waals surface area contributed by atoms with Gasteiger partial charge in [-0.05, 0) is 37.5 Å². The van der Waals surface area contributed by atoms with E-state index in [-0.39, 0.29) is 0 Å². The van der Waals surface area contributed by atoms with Crippen molar-refractivity contribution in [3.05, 3.63) is 30.5 Å². The van der Waals surface area contributed by atoms with Gasteiger partial charge >= 0.3 is 0 Å². The molecule has 2 aromatic rings. The third-order valence-electron chi connectivity index (χ3n) is 3.56. The third kappa shape index (κ3) is 2.95. The summed E-state index contributed by atoms with van der Waals surface area (Å²) in [4.78, 5) is 6.71. The average Bonchev–Trinajstić information content (AvgIpc) is 2.44. The van der Waals surface area contributed by atoms with Gasteiger partial charge in [-0.2, -0.15) is 11.8 Å². The molecule has 19 heavy (non-hydrogen) atoms. The molecule has 3 nitrogen and oxygen atoms in total. The Morgan fingerprint density at radius 2 is 2.16 bits per heavy atom. The molecule has 1 aromatic carbocycles. The van der Waals surface area contributed by atoms with Gasteiger partial charge in [0.1, 0.15) is 0 Å². The molecule has 1 unspecified atom stereocenters. The van der Waals surface area contributed by atoms with Gasteiger partial charge in [0.15, 0.2) is 0 Å². The Bertz CT molecular complexity index is 556. The Kier molecular flexibility index (Phi) is 4.53. The van der Waals surface area contributed by atoms with E-state index >= 15 is 0 Å². The number of anilines is 2. The van der Waals surface area contributed by atoms with E-state index in [0.29, 0.717) is 6.04 Å². The molecule has 0 spiro atoms. The topological polar surface area (TPSA) is 42.2 Å². The SMILES string of the molecule is CSCCC(C)N(C)c1ccnc2c(N)cccc12. The van der Waals surface area contributed by atoms with E-state index in [0.717, 1.165) is 16.6 Å². The van der Waals surface area contributed by atoms with Crippen LogP contribution in [0.25, 0.3) is 10.9 Å². The maximum Gasteiger partial charge on any atom is 0.0951 e. The van der Waals surface area contributed by atoms with Crippen molar-refractivity contribution in [2.75, 3.05) is 29.7 Å². The highest BCUT2D eigenvalue weighted by atomic mass is 32.2. The molecule has 2 N–H and O–H groups in total. The largest absolute Gasteiger partial charge is 0.397 e. The van der Waals surface area contributed by atoms with E-state index in [1.54, 1.807) is 0 Å². The van der Waals surface area contributed by atoms with Crippen LogP contribution in [-0.2, 0) is 0 Å². The van der Waals surface area contributed by atoms with Crippen LogP contribution < -0.4 is 10.6 Å². The van der Waals surface area contributed by atoms with Gasteiger partial charge in [-0.25, -0.2) is 0 Å². The zero-order valence-electron chi connectivity index (χ0n) is 11.8. The highest BCUT2D eigenvalue weighted by molar-refractivity contribution is 7.98. The molecule has 0 aliphatic carbocycles. The molecule has 0 aliphatic rings. The van der Waals surface area contributed by atoms with Crippen molar-refractivity contribution >= 4 is 34.0 Å². The summed E-state index contributed by atoms with van der Waals surface area (Å²) >= 11 is 1.89. The molecule has 0 saturated heterocycles. The summed E-state index contributed by atoms with van der Waals surface area (Å²) in [6.45, 7) is 2.26. The van der Waals surface area contributed by atoms with Crippen LogP contribution in [0.3, 0.4) is 0 Å². The molecular weight excluding hydrogens is 254 g/mol. The summed E-state index contributed by atoms with van der Waals surface area (Å²) in [5, 5.41) is 1.13. The molecule has 2 rings (SSSR count). The number of aromatic nitrogens is 1. The molecule has 1 heterocycles. The predicted molar refractivity (Wildman–Crippen MR) is 87.0 cm³/mol. The lowest BCUT2D eigenvalue weighted by Crippen LogP contribution is -2.29. The van der Waals surface area contributed by atoms with Crippen LogP contribution in [0, 0.1) is 0 Å². The minimum Gasteiger partial charge on any atom is -0.397 e. The summed E-state index contributed by atoms with van der Waals surface area (Å²) in [5.74, 6) is 1.18. The van der Waals surface area contributed by atoms with E-state index in [1.807, 2.05) is 30.1 Å². The first kappa shape index (κ1) is 14.0. The highest BCUT2D eigenvalue weighted by Gasteiger charge is 2.13. The van der Waals surface area contributed by atoms with Gasteiger partial charge in [-0.15, -0.1) is 0 Å². The first-order chi connectivity index (χ1) is 9.15. The van der Waals surface area contributed by atoms with Crippen LogP contribution in [-0.4, -0.2) is 30.1 Å². The first-order valence-corrected chi connectivity index (χ1v) is 7.89. The Balaban J connectivity index is 2.37. The Morgan fingerprint density at radius 3 is 2.89 bits per heavy atom. The van der Waals surface area contributed by atoms with Crippen molar-refractivity contribution < 1.29 is 0 Å². The number of hydrogen-bond acceptors (Lipinski definition) is 4. The quantitative estimate of drug-likeness (QED) is 0.849. The van der Waals surface area contributed by atoms with E-state index in [9.17, 15) is 0 Å². The molecule has 1 aromatic heterocycles. The third-order valence-corrected chi connectivity index (χ3v) is 4.20. The number of rotatable bonds is 5. The van der Waals surface area contributed by atoms with Crippen molar-refractivity contribution in [1.29, 1.82) is 0 Å². The second kappa shape index (κ2) is 6.15. The van der Waals surface area contributed by atoms with Crippen molar-refractivity contribution in [2.45, 2.75) is 19.4 Å². The second-order valence-corrected chi connectivity index (χ2v) is 5.80. The van der Waals surface area contributed by atoms with Gasteiger partial charge in [-0.3, -0.25) is 4.98 Å². The fourth-order valence-electron chi connectivity index (χ4n) is 2.21. The minimum atomic E-state index is 0.500. The molecule has 0 aliphatic heterocycles. The zero-order chi connectivity index (χ0) is 13.8. The molecule has 0 bridgehead atoms. The van der Waals surface area contributed by atoms with E-state index in [2.05, 4.69) is 42.2 Å². The number of nitrogens with zero attached hydrogens (tertiary/aromatic N) is 2. The van der Waals surface area contributed by atoms with Crippen molar-refractivity contribution in [3.63, 3.8) is 0 Å². The normalized spacial score (nSPS) is 12.6. The van der Waals surface area contributed by atoms with Crippen molar-refractivity contribution in [3.8, 4) is 0 Å². The van der Waals surface area contributed by atoms with Gasteiger partial charge in [0.2, 0.25) is 0 Å². The minimum absolute atomic E-state index is 0.500. The van der Waals surface area contributed by atoms with Crippen LogP contribution in [0.1, 0.15) is 13.3 Å². The first-order valence-electron chi connectivity index (χ1n) is 6.50. The van der Waals surface area contributed by atoms with Gasteiger partial charge < -0.3 is 10.6 Å². The lowest BCUT2D eigenvalue weighted by Gasteiger charge is -2.28. The van der Waals surface area contributed by atoms with E-state index in [1.165, 1.54) is 17.9 Å². The number of nitrogen functional groups attached to an aromatic ring is 1. The Morgan fingerprint density at radius 1 is 1.37 bits per heavy atom. The molecule has 0 fully saturated rings. The number of fused-ring (bicyclic) bond motifs is 1. The molecule has 102 valence electrons. The smallest absolute Gasteiger partial charge is 0.0951 e. The van der Waals surface area contributed by atoms with Crippen LogP contribution in [0.5, 0.6) is 0 Å². The average molecular weight is 275 g/mol. The lowest BCUT2D eigenvalue weighted by atomic mass is 10.1. The molecular formula is C15H21N3S. The predicted octanol–water partition coefficient (Wildman–Crippen LogP) is 3.39. The van der Waals surface area contributed by atoms with E-state index in [4.69, 9.17) is 5.73 Å².